The molecule has 0 saturated heterocycles. The molecule has 0 saturated carbocycles. The van der Waals surface area contributed by atoms with Gasteiger partial charge in [-0.25, -0.2) is 0 Å². The van der Waals surface area contributed by atoms with E-state index in [0.717, 1.165) is 32.6 Å². The Morgan fingerprint density at radius 3 is 2.67 bits per heavy atom. The van der Waals surface area contributed by atoms with Crippen LogP contribution in [0.4, 0.5) is 5.82 Å². The largest absolute Gasteiger partial charge is 0.383 e. The summed E-state index contributed by atoms with van der Waals surface area (Å²) in [4.78, 5) is 4.41. The number of hydrogen-bond acceptors (Lipinski definition) is 3. The molecule has 0 atom stereocenters. The number of anilines is 1. The number of hydrogen-bond donors (Lipinski definition) is 1. The summed E-state index contributed by atoms with van der Waals surface area (Å²) in [5.74, 6) is 0.617. The minimum Gasteiger partial charge on any atom is -0.383 e. The van der Waals surface area contributed by atoms with E-state index in [0.29, 0.717) is 5.82 Å². The number of aromatic nitrogens is 3. The van der Waals surface area contributed by atoms with E-state index in [9.17, 15) is 0 Å². The second-order valence-corrected chi connectivity index (χ2v) is 5.82. The molecule has 0 radical (unpaired) electrons. The lowest BCUT2D eigenvalue weighted by molar-refractivity contribution is 0.782. The van der Waals surface area contributed by atoms with E-state index in [1.165, 1.54) is 0 Å². The van der Waals surface area contributed by atoms with Gasteiger partial charge >= 0.3 is 0 Å². The van der Waals surface area contributed by atoms with Gasteiger partial charge in [-0.2, -0.15) is 5.10 Å². The molecule has 0 aliphatic rings. The van der Waals surface area contributed by atoms with Gasteiger partial charge in [0.05, 0.1) is 11.3 Å². The maximum Gasteiger partial charge on any atom is 0.131 e. The molecule has 106 valence electrons. The Labute approximate surface area is 131 Å². The van der Waals surface area contributed by atoms with Crippen molar-refractivity contribution in [2.75, 3.05) is 5.73 Å². The molecule has 5 heteroatoms. The van der Waals surface area contributed by atoms with Gasteiger partial charge in [0.2, 0.25) is 0 Å². The monoisotopic (exact) mass is 342 g/mol. The van der Waals surface area contributed by atoms with Crippen molar-refractivity contribution in [2.45, 2.75) is 6.92 Å². The third kappa shape index (κ3) is 2.45. The first-order valence-corrected chi connectivity index (χ1v) is 7.37. The van der Waals surface area contributed by atoms with Crippen LogP contribution < -0.4 is 5.73 Å². The van der Waals surface area contributed by atoms with E-state index in [1.54, 1.807) is 10.9 Å². The predicted octanol–water partition coefficient (Wildman–Crippen LogP) is 3.80. The fourth-order valence-electron chi connectivity index (χ4n) is 2.38. The fraction of sp³-hybridized carbons (Fsp3) is 0.125. The molecule has 2 N–H and O–H groups in total. The Morgan fingerprint density at radius 1 is 1.19 bits per heavy atom. The van der Waals surface area contributed by atoms with Crippen LogP contribution in [0.2, 0.25) is 0 Å². The average Bonchev–Trinajstić information content (AvgIpc) is 2.75. The summed E-state index contributed by atoms with van der Waals surface area (Å²) < 4.78 is 2.74. The normalized spacial score (nSPS) is 10.8. The molecule has 21 heavy (non-hydrogen) atoms. The Kier molecular flexibility index (Phi) is 3.51. The first-order chi connectivity index (χ1) is 10.1. The number of aryl methyl sites for hydroxylation is 2. The van der Waals surface area contributed by atoms with Crippen LogP contribution in [0.3, 0.4) is 0 Å². The number of halogens is 1. The number of pyridine rings is 1. The molecule has 0 aliphatic heterocycles. The molecule has 0 bridgehead atoms. The van der Waals surface area contributed by atoms with Crippen molar-refractivity contribution in [1.82, 2.24) is 14.8 Å². The quantitative estimate of drug-likeness (QED) is 0.770. The number of nitrogens with zero attached hydrogens (tertiary/aromatic N) is 3. The van der Waals surface area contributed by atoms with Crippen LogP contribution in [-0.2, 0) is 7.05 Å². The Hall–Kier alpha value is -2.14. The molecule has 1 aromatic carbocycles. The number of nitrogens with two attached hydrogens (primary N) is 1. The molecule has 2 aromatic heterocycles. The van der Waals surface area contributed by atoms with Gasteiger partial charge < -0.3 is 5.73 Å². The Balaban J connectivity index is 2.27. The van der Waals surface area contributed by atoms with E-state index >= 15 is 0 Å². The van der Waals surface area contributed by atoms with Crippen molar-refractivity contribution in [3.05, 3.63) is 52.6 Å². The maximum atomic E-state index is 6.20. The number of rotatable bonds is 2. The van der Waals surface area contributed by atoms with Crippen molar-refractivity contribution in [1.29, 1.82) is 0 Å². The molecular formula is C16H15BrN4. The second kappa shape index (κ2) is 5.33. The molecular weight excluding hydrogens is 328 g/mol. The molecule has 0 aliphatic carbocycles. The summed E-state index contributed by atoms with van der Waals surface area (Å²) in [7, 11) is 1.85. The fourth-order valence-corrected chi connectivity index (χ4v) is 2.86. The van der Waals surface area contributed by atoms with Gasteiger partial charge in [0.25, 0.3) is 0 Å². The van der Waals surface area contributed by atoms with Gasteiger partial charge in [-0.1, -0.05) is 28.1 Å². The lowest BCUT2D eigenvalue weighted by Gasteiger charge is -2.06. The highest BCUT2D eigenvalue weighted by Gasteiger charge is 2.19. The van der Waals surface area contributed by atoms with Crippen LogP contribution in [0.1, 0.15) is 5.56 Å². The van der Waals surface area contributed by atoms with Crippen molar-refractivity contribution in [2.24, 2.45) is 7.05 Å². The molecule has 0 spiro atoms. The summed E-state index contributed by atoms with van der Waals surface area (Å²) in [5.41, 5.74) is 11.0. The first-order valence-electron chi connectivity index (χ1n) is 6.58. The topological polar surface area (TPSA) is 56.7 Å². The van der Waals surface area contributed by atoms with Crippen molar-refractivity contribution in [3.8, 4) is 22.5 Å². The smallest absolute Gasteiger partial charge is 0.131 e. The van der Waals surface area contributed by atoms with Crippen LogP contribution in [0.15, 0.2) is 47.1 Å². The van der Waals surface area contributed by atoms with E-state index in [2.05, 4.69) is 39.0 Å². The van der Waals surface area contributed by atoms with Gasteiger partial charge in [-0.15, -0.1) is 0 Å². The highest BCUT2D eigenvalue weighted by Crippen LogP contribution is 2.36. The second-order valence-electron chi connectivity index (χ2n) is 4.91. The zero-order chi connectivity index (χ0) is 15.0. The van der Waals surface area contributed by atoms with Gasteiger partial charge in [-0.05, 0) is 36.8 Å². The van der Waals surface area contributed by atoms with Gasteiger partial charge in [0, 0.05) is 23.3 Å². The zero-order valence-electron chi connectivity index (χ0n) is 11.8. The minimum absolute atomic E-state index is 0.617. The molecule has 0 unspecified atom stereocenters. The lowest BCUT2D eigenvalue weighted by atomic mass is 10.0. The third-order valence-corrected chi connectivity index (χ3v) is 3.95. The van der Waals surface area contributed by atoms with Crippen molar-refractivity contribution < 1.29 is 0 Å². The molecule has 2 heterocycles. The van der Waals surface area contributed by atoms with Gasteiger partial charge in [0.1, 0.15) is 11.5 Å². The summed E-state index contributed by atoms with van der Waals surface area (Å²) in [5, 5.41) is 4.58. The third-order valence-electron chi connectivity index (χ3n) is 3.46. The molecule has 0 fully saturated rings. The summed E-state index contributed by atoms with van der Waals surface area (Å²) in [6.45, 7) is 2.06. The molecule has 3 aromatic rings. The molecule has 0 amide bonds. The standard InChI is InChI=1S/C16H15BrN4/c1-10-9-11(17)6-7-12(10)15-14(16(18)21(2)20-15)13-5-3-4-8-19-13/h3-9H,18H2,1-2H3. The zero-order valence-corrected chi connectivity index (χ0v) is 13.4. The van der Waals surface area contributed by atoms with Crippen LogP contribution in [0.25, 0.3) is 22.5 Å². The average molecular weight is 343 g/mol. The maximum absolute atomic E-state index is 6.20. The highest BCUT2D eigenvalue weighted by molar-refractivity contribution is 9.10. The SMILES string of the molecule is Cc1cc(Br)ccc1-c1nn(C)c(N)c1-c1ccccn1. The van der Waals surface area contributed by atoms with Gasteiger partial charge in [-0.3, -0.25) is 9.67 Å². The number of benzene rings is 1. The van der Waals surface area contributed by atoms with Crippen LogP contribution in [-0.4, -0.2) is 14.8 Å². The van der Waals surface area contributed by atoms with Crippen LogP contribution in [0, 0.1) is 6.92 Å². The van der Waals surface area contributed by atoms with Crippen LogP contribution in [0.5, 0.6) is 0 Å². The highest BCUT2D eigenvalue weighted by atomic mass is 79.9. The number of nitrogen functional groups attached to an aromatic ring is 1. The first kappa shape index (κ1) is 13.8. The van der Waals surface area contributed by atoms with Crippen molar-refractivity contribution >= 4 is 21.7 Å². The van der Waals surface area contributed by atoms with Crippen molar-refractivity contribution in [3.63, 3.8) is 0 Å². The van der Waals surface area contributed by atoms with Gasteiger partial charge in [0.15, 0.2) is 0 Å². The Bertz CT molecular complexity index is 794. The Morgan fingerprint density at radius 2 is 2.00 bits per heavy atom. The summed E-state index contributed by atoms with van der Waals surface area (Å²) in [6.07, 6.45) is 1.76. The molecule has 3 rings (SSSR count). The van der Waals surface area contributed by atoms with E-state index in [-0.39, 0.29) is 0 Å². The predicted molar refractivity (Wildman–Crippen MR) is 88.7 cm³/mol. The minimum atomic E-state index is 0.617. The summed E-state index contributed by atoms with van der Waals surface area (Å²) in [6, 6.07) is 11.9. The molecule has 4 nitrogen and oxygen atoms in total. The summed E-state index contributed by atoms with van der Waals surface area (Å²) >= 11 is 3.49. The van der Waals surface area contributed by atoms with E-state index in [1.807, 2.05) is 37.4 Å². The van der Waals surface area contributed by atoms with Crippen LogP contribution >= 0.6 is 15.9 Å². The van der Waals surface area contributed by atoms with E-state index < -0.39 is 0 Å². The lowest BCUT2D eigenvalue weighted by Crippen LogP contribution is -1.98. The van der Waals surface area contributed by atoms with E-state index in [4.69, 9.17) is 5.73 Å².